The average Bonchev–Trinajstić information content (AvgIpc) is 3.40. The number of benzene rings is 1. The number of hydrogen-bond acceptors (Lipinski definition) is 7. The quantitative estimate of drug-likeness (QED) is 0.0501. The highest BCUT2D eigenvalue weighted by atomic mass is 16.4. The van der Waals surface area contributed by atoms with Crippen molar-refractivity contribution >= 4 is 5.97 Å². The molecule has 1 saturated carbocycles. The maximum Gasteiger partial charge on any atom is 0.309 e. The molecule has 0 aromatic heterocycles. The first-order chi connectivity index (χ1) is 24.2. The van der Waals surface area contributed by atoms with Crippen molar-refractivity contribution in [2.24, 2.45) is 35.3 Å². The minimum absolute atomic E-state index is 0.182. The molecule has 8 heteroatoms. The van der Waals surface area contributed by atoms with Crippen LogP contribution in [0.1, 0.15) is 115 Å². The molecule has 0 bridgehead atoms. The molecule has 8 N–H and O–H groups in total. The van der Waals surface area contributed by atoms with E-state index in [1.165, 1.54) is 30.4 Å². The Bertz CT molecular complexity index is 1240. The molecule has 8 nitrogen and oxygen atoms in total. The van der Waals surface area contributed by atoms with Crippen molar-refractivity contribution in [1.29, 1.82) is 0 Å². The van der Waals surface area contributed by atoms with E-state index >= 15 is 0 Å². The zero-order valence-corrected chi connectivity index (χ0v) is 30.7. The number of carboxylic acid groups (broad SMARTS) is 1. The van der Waals surface area contributed by atoms with Gasteiger partial charge in [0.25, 0.3) is 0 Å². The van der Waals surface area contributed by atoms with Crippen LogP contribution in [0.4, 0.5) is 0 Å². The summed E-state index contributed by atoms with van der Waals surface area (Å²) in [4.78, 5) is 12.2. The van der Waals surface area contributed by atoms with E-state index in [1.54, 1.807) is 0 Å². The Morgan fingerprint density at radius 1 is 1.02 bits per heavy atom. The molecule has 2 aliphatic carbocycles. The Morgan fingerprint density at radius 3 is 2.54 bits per heavy atom. The minimum atomic E-state index is -0.993. The molecule has 1 aromatic carbocycles. The summed E-state index contributed by atoms with van der Waals surface area (Å²) >= 11 is 0. The topological polar surface area (TPSA) is 148 Å². The molecule has 0 unspecified atom stereocenters. The van der Waals surface area contributed by atoms with Gasteiger partial charge >= 0.3 is 5.97 Å². The van der Waals surface area contributed by atoms with Crippen LogP contribution in [-0.2, 0) is 11.2 Å². The molecule has 3 aliphatic rings. The Hall–Kier alpha value is -2.65. The van der Waals surface area contributed by atoms with Gasteiger partial charge in [-0.05, 0) is 119 Å². The molecule has 0 amide bonds. The van der Waals surface area contributed by atoms with E-state index in [0.29, 0.717) is 44.0 Å². The first-order valence-electron chi connectivity index (χ1n) is 19.8. The van der Waals surface area contributed by atoms with Gasteiger partial charge < -0.3 is 36.8 Å². The molecule has 4 rings (SSSR count). The van der Waals surface area contributed by atoms with Crippen LogP contribution < -0.4 is 16.4 Å². The number of aliphatic hydroxyl groups excluding tert-OH is 2. The summed E-state index contributed by atoms with van der Waals surface area (Å²) in [6.45, 7) is 4.65. The number of dihydropyridines is 1. The minimum Gasteiger partial charge on any atom is -0.481 e. The van der Waals surface area contributed by atoms with Crippen molar-refractivity contribution in [3.63, 3.8) is 0 Å². The summed E-state index contributed by atoms with van der Waals surface area (Å²) < 4.78 is 0. The molecule has 0 spiro atoms. The smallest absolute Gasteiger partial charge is 0.309 e. The molecule has 50 heavy (non-hydrogen) atoms. The number of aliphatic hydroxyl groups is 3. The number of carbonyl (C=O) groups is 1. The van der Waals surface area contributed by atoms with Crippen LogP contribution >= 0.6 is 0 Å². The number of nitrogens with one attached hydrogen (secondary N) is 2. The Kier molecular flexibility index (Phi) is 16.9. The summed E-state index contributed by atoms with van der Waals surface area (Å²) in [7, 11) is 0. The van der Waals surface area contributed by atoms with Crippen LogP contribution in [0.25, 0.3) is 0 Å². The van der Waals surface area contributed by atoms with Gasteiger partial charge in [-0.15, -0.1) is 0 Å². The van der Waals surface area contributed by atoms with Crippen LogP contribution in [-0.4, -0.2) is 63.8 Å². The standard InChI is InChI=1S/C42H67N3O5/c1-2-3-6-14-32-18-19-34(39(47)26-32)16-9-5-10-17-37(41(48)49)38(46)20-22-42(50)28-35(25-33-21-24-45-40(43)27-33)36(29-42)30-44-23-11-15-31-12-7-4-8-13-31/h4,7-8,12-13,18-19,21,27,32,34-39,44-47,50H,2-3,5-6,9-11,14-17,20,22-26,28-30,43H2,1H3,(H,48,49)/t32-,34-,35-,36+,37+,38-,39-,42-/m1/s1. The first-order valence-corrected chi connectivity index (χ1v) is 19.8. The van der Waals surface area contributed by atoms with Crippen LogP contribution in [0, 0.1) is 29.6 Å². The maximum atomic E-state index is 12.2. The molecule has 1 heterocycles. The number of aryl methyl sites for hydroxylation is 1. The number of aliphatic carboxylic acids is 1. The highest BCUT2D eigenvalue weighted by Crippen LogP contribution is 2.45. The van der Waals surface area contributed by atoms with Crippen molar-refractivity contribution < 1.29 is 25.2 Å². The van der Waals surface area contributed by atoms with Crippen molar-refractivity contribution in [3.05, 3.63) is 71.6 Å². The monoisotopic (exact) mass is 694 g/mol. The van der Waals surface area contributed by atoms with Gasteiger partial charge in [-0.25, -0.2) is 0 Å². The Morgan fingerprint density at radius 2 is 1.80 bits per heavy atom. The first kappa shape index (κ1) is 40.1. The number of allylic oxidation sites excluding steroid dienone is 3. The second-order valence-electron chi connectivity index (χ2n) is 15.7. The Labute approximate surface area is 301 Å². The molecule has 1 aliphatic heterocycles. The molecular formula is C42H67N3O5. The van der Waals surface area contributed by atoms with Crippen LogP contribution in [0.15, 0.2) is 66.0 Å². The molecular weight excluding hydrogens is 626 g/mol. The molecule has 0 saturated heterocycles. The summed E-state index contributed by atoms with van der Waals surface area (Å²) in [5.41, 5.74) is 7.65. The number of rotatable bonds is 23. The number of carboxylic acids is 1. The predicted molar refractivity (Wildman–Crippen MR) is 202 cm³/mol. The molecule has 8 atom stereocenters. The Balaban J connectivity index is 1.21. The zero-order valence-electron chi connectivity index (χ0n) is 30.7. The number of nitrogens with two attached hydrogens (primary N) is 1. The average molecular weight is 694 g/mol. The summed E-state index contributed by atoms with van der Waals surface area (Å²) in [6.07, 6.45) is 21.8. The lowest BCUT2D eigenvalue weighted by Crippen LogP contribution is -2.33. The van der Waals surface area contributed by atoms with Crippen molar-refractivity contribution in [2.75, 3.05) is 19.6 Å². The molecule has 0 radical (unpaired) electrons. The van der Waals surface area contributed by atoms with Gasteiger partial charge in [0.1, 0.15) is 0 Å². The summed E-state index contributed by atoms with van der Waals surface area (Å²) in [5.74, 6) is 0.0833. The SMILES string of the molecule is CCCCC[C@@H]1C=C[C@@H](CCCCC[C@H](C(=O)O)[C@H](O)CC[C@]2(O)C[C@@H](CNCCCc3ccccc3)[C@H](CC3=CCNC(N)=C3)C2)[C@H](O)C1. The number of hydrogen-bond donors (Lipinski definition) is 7. The van der Waals surface area contributed by atoms with Crippen molar-refractivity contribution in [1.82, 2.24) is 10.6 Å². The fraction of sp³-hybridized carbons (Fsp3) is 0.690. The van der Waals surface area contributed by atoms with Gasteiger partial charge in [-0.2, -0.15) is 0 Å². The van der Waals surface area contributed by atoms with Crippen LogP contribution in [0.3, 0.4) is 0 Å². The fourth-order valence-electron chi connectivity index (χ4n) is 8.65. The lowest BCUT2D eigenvalue weighted by Gasteiger charge is -2.28. The third-order valence-electron chi connectivity index (χ3n) is 11.6. The highest BCUT2D eigenvalue weighted by Gasteiger charge is 2.44. The van der Waals surface area contributed by atoms with E-state index in [4.69, 9.17) is 5.73 Å². The summed E-state index contributed by atoms with van der Waals surface area (Å²) in [6, 6.07) is 10.5. The molecule has 1 fully saturated rings. The van der Waals surface area contributed by atoms with E-state index in [9.17, 15) is 25.2 Å². The van der Waals surface area contributed by atoms with Gasteiger partial charge in [-0.3, -0.25) is 4.79 Å². The third kappa shape index (κ3) is 13.5. The summed E-state index contributed by atoms with van der Waals surface area (Å²) in [5, 5.41) is 50.4. The lowest BCUT2D eigenvalue weighted by atomic mass is 9.81. The predicted octanol–water partition coefficient (Wildman–Crippen LogP) is 6.61. The van der Waals surface area contributed by atoms with E-state index in [0.717, 1.165) is 70.9 Å². The van der Waals surface area contributed by atoms with Crippen LogP contribution in [0.5, 0.6) is 0 Å². The highest BCUT2D eigenvalue weighted by molar-refractivity contribution is 5.70. The zero-order chi connectivity index (χ0) is 35.8. The molecule has 280 valence electrons. The fourth-order valence-corrected chi connectivity index (χ4v) is 8.65. The third-order valence-corrected chi connectivity index (χ3v) is 11.6. The number of unbranched alkanes of at least 4 members (excludes halogenated alkanes) is 4. The lowest BCUT2D eigenvalue weighted by molar-refractivity contribution is -0.146. The normalized spacial score (nSPS) is 27.7. The van der Waals surface area contributed by atoms with E-state index in [1.807, 2.05) is 12.1 Å². The van der Waals surface area contributed by atoms with Gasteiger partial charge in [0, 0.05) is 12.5 Å². The van der Waals surface area contributed by atoms with Gasteiger partial charge in [0.2, 0.25) is 0 Å². The van der Waals surface area contributed by atoms with Gasteiger partial charge in [0.15, 0.2) is 0 Å². The van der Waals surface area contributed by atoms with E-state index in [-0.39, 0.29) is 30.3 Å². The maximum absolute atomic E-state index is 12.2. The van der Waals surface area contributed by atoms with Crippen molar-refractivity contribution in [3.8, 4) is 0 Å². The second-order valence-corrected chi connectivity index (χ2v) is 15.7. The van der Waals surface area contributed by atoms with E-state index < -0.39 is 23.6 Å². The molecule has 1 aromatic rings. The van der Waals surface area contributed by atoms with Crippen LogP contribution in [0.2, 0.25) is 0 Å². The second kappa shape index (κ2) is 21.0. The van der Waals surface area contributed by atoms with Crippen molar-refractivity contribution in [2.45, 2.75) is 134 Å². The van der Waals surface area contributed by atoms with Gasteiger partial charge in [0.05, 0.1) is 29.5 Å². The largest absolute Gasteiger partial charge is 0.481 e. The van der Waals surface area contributed by atoms with E-state index in [2.05, 4.69) is 60.1 Å². The van der Waals surface area contributed by atoms with Gasteiger partial charge in [-0.1, -0.05) is 94.0 Å².